The predicted octanol–water partition coefficient (Wildman–Crippen LogP) is 14.6. The van der Waals surface area contributed by atoms with Crippen molar-refractivity contribution >= 4 is 27.8 Å². The second-order valence-corrected chi connectivity index (χ2v) is 13.4. The molecule has 0 aromatic heterocycles. The summed E-state index contributed by atoms with van der Waals surface area (Å²) in [6.07, 6.45) is 0. The van der Waals surface area contributed by atoms with Gasteiger partial charge in [0.05, 0.1) is 0 Å². The maximum absolute atomic E-state index is 2.34. The molecular formula is C52H37N. The number of benzene rings is 9. The molecule has 0 heterocycles. The van der Waals surface area contributed by atoms with Crippen LogP contribution < -0.4 is 4.90 Å². The fraction of sp³-hybridized carbons (Fsp3) is 0. The third-order valence-electron chi connectivity index (χ3n) is 10.1. The molecule has 9 aromatic rings. The van der Waals surface area contributed by atoms with E-state index in [9.17, 15) is 0 Å². The summed E-state index contributed by atoms with van der Waals surface area (Å²) < 4.78 is 0. The highest BCUT2D eigenvalue weighted by Crippen LogP contribution is 2.38. The van der Waals surface area contributed by atoms with Gasteiger partial charge in [-0.3, -0.25) is 0 Å². The van der Waals surface area contributed by atoms with E-state index in [0.717, 1.165) is 17.1 Å². The first-order valence-electron chi connectivity index (χ1n) is 18.2. The number of hydrogen-bond donors (Lipinski definition) is 0. The second kappa shape index (κ2) is 14.3. The Labute approximate surface area is 311 Å². The fourth-order valence-electron chi connectivity index (χ4n) is 7.20. The van der Waals surface area contributed by atoms with Gasteiger partial charge in [0.25, 0.3) is 0 Å². The van der Waals surface area contributed by atoms with Gasteiger partial charge in [-0.25, -0.2) is 0 Å². The van der Waals surface area contributed by atoms with Crippen LogP contribution in [0.15, 0.2) is 224 Å². The van der Waals surface area contributed by atoms with Gasteiger partial charge in [-0.05, 0) is 109 Å². The van der Waals surface area contributed by atoms with Gasteiger partial charge in [0, 0.05) is 17.1 Å². The Morgan fingerprint density at radius 1 is 0.189 bits per heavy atom. The second-order valence-electron chi connectivity index (χ2n) is 13.4. The minimum atomic E-state index is 1.11. The van der Waals surface area contributed by atoms with Crippen LogP contribution >= 0.6 is 0 Å². The highest BCUT2D eigenvalue weighted by Gasteiger charge is 2.14. The van der Waals surface area contributed by atoms with Gasteiger partial charge in [0.15, 0.2) is 0 Å². The van der Waals surface area contributed by atoms with E-state index in [1.807, 2.05) is 0 Å². The molecule has 0 spiro atoms. The summed E-state index contributed by atoms with van der Waals surface area (Å²) in [7, 11) is 0. The monoisotopic (exact) mass is 675 g/mol. The van der Waals surface area contributed by atoms with Crippen molar-refractivity contribution in [1.82, 2.24) is 0 Å². The van der Waals surface area contributed by atoms with Gasteiger partial charge in [-0.1, -0.05) is 182 Å². The van der Waals surface area contributed by atoms with E-state index in [0.29, 0.717) is 0 Å². The molecule has 0 aliphatic rings. The van der Waals surface area contributed by atoms with E-state index in [1.54, 1.807) is 0 Å². The normalized spacial score (nSPS) is 11.0. The summed E-state index contributed by atoms with van der Waals surface area (Å²) >= 11 is 0. The first-order chi connectivity index (χ1) is 26.2. The van der Waals surface area contributed by atoms with Gasteiger partial charge < -0.3 is 4.90 Å². The van der Waals surface area contributed by atoms with Gasteiger partial charge in [-0.2, -0.15) is 0 Å². The van der Waals surface area contributed by atoms with Crippen LogP contribution in [0, 0.1) is 0 Å². The third-order valence-corrected chi connectivity index (χ3v) is 10.1. The average Bonchev–Trinajstić information content (AvgIpc) is 3.25. The zero-order chi connectivity index (χ0) is 35.4. The molecule has 0 atom stereocenters. The zero-order valence-electron chi connectivity index (χ0n) is 29.3. The molecule has 0 saturated carbocycles. The van der Waals surface area contributed by atoms with Gasteiger partial charge >= 0.3 is 0 Å². The molecule has 0 fully saturated rings. The molecule has 1 heteroatoms. The summed E-state index contributed by atoms with van der Waals surface area (Å²) in [6.45, 7) is 0. The van der Waals surface area contributed by atoms with E-state index in [-0.39, 0.29) is 0 Å². The summed E-state index contributed by atoms with van der Waals surface area (Å²) in [4.78, 5) is 2.34. The first kappa shape index (κ1) is 32.0. The van der Waals surface area contributed by atoms with Crippen LogP contribution in [0.25, 0.3) is 66.4 Å². The van der Waals surface area contributed by atoms with E-state index < -0.39 is 0 Å². The van der Waals surface area contributed by atoms with Crippen LogP contribution in [0.2, 0.25) is 0 Å². The Kier molecular flexibility index (Phi) is 8.66. The van der Waals surface area contributed by atoms with Crippen molar-refractivity contribution in [3.05, 3.63) is 224 Å². The van der Waals surface area contributed by atoms with Crippen molar-refractivity contribution < 1.29 is 0 Å². The van der Waals surface area contributed by atoms with E-state index >= 15 is 0 Å². The largest absolute Gasteiger partial charge is 0.311 e. The van der Waals surface area contributed by atoms with Crippen molar-refractivity contribution in [3.63, 3.8) is 0 Å². The SMILES string of the molecule is c1ccc(-c2ccc(-c3ccc(N(c4ccc(-c5ccccc5)cc4)c4ccc(-c5ccc(-c6ccc7ccccc7c6)cc5)cc4)cc3)cc2)cc1. The molecule has 0 aliphatic heterocycles. The highest BCUT2D eigenvalue weighted by atomic mass is 15.1. The Morgan fingerprint density at radius 3 is 0.830 bits per heavy atom. The molecule has 9 rings (SSSR count). The van der Waals surface area contributed by atoms with Crippen molar-refractivity contribution in [1.29, 1.82) is 0 Å². The lowest BCUT2D eigenvalue weighted by Crippen LogP contribution is -2.09. The number of anilines is 3. The van der Waals surface area contributed by atoms with Gasteiger partial charge in [0.2, 0.25) is 0 Å². The molecule has 53 heavy (non-hydrogen) atoms. The van der Waals surface area contributed by atoms with Crippen molar-refractivity contribution in [2.24, 2.45) is 0 Å². The van der Waals surface area contributed by atoms with E-state index in [4.69, 9.17) is 0 Å². The molecule has 0 bridgehead atoms. The maximum Gasteiger partial charge on any atom is 0.0462 e. The number of rotatable bonds is 8. The van der Waals surface area contributed by atoms with E-state index in [2.05, 4.69) is 229 Å². The molecule has 0 radical (unpaired) electrons. The number of hydrogen-bond acceptors (Lipinski definition) is 1. The molecule has 0 saturated heterocycles. The Bertz CT molecular complexity index is 2590. The first-order valence-corrected chi connectivity index (χ1v) is 18.2. The van der Waals surface area contributed by atoms with Crippen molar-refractivity contribution in [3.8, 4) is 55.6 Å². The predicted molar refractivity (Wildman–Crippen MR) is 226 cm³/mol. The molecule has 0 amide bonds. The minimum absolute atomic E-state index is 1.11. The molecule has 0 N–H and O–H groups in total. The maximum atomic E-state index is 2.34. The lowest BCUT2D eigenvalue weighted by atomic mass is 9.98. The summed E-state index contributed by atoms with van der Waals surface area (Å²) in [5.41, 5.74) is 15.4. The molecule has 9 aromatic carbocycles. The fourth-order valence-corrected chi connectivity index (χ4v) is 7.20. The van der Waals surface area contributed by atoms with Crippen LogP contribution in [0.4, 0.5) is 17.1 Å². The average molecular weight is 676 g/mol. The van der Waals surface area contributed by atoms with Crippen molar-refractivity contribution in [2.75, 3.05) is 4.90 Å². The van der Waals surface area contributed by atoms with Crippen LogP contribution in [0.5, 0.6) is 0 Å². The zero-order valence-corrected chi connectivity index (χ0v) is 29.3. The topological polar surface area (TPSA) is 3.24 Å². The van der Waals surface area contributed by atoms with E-state index in [1.165, 1.54) is 66.4 Å². The Balaban J connectivity index is 1.01. The molecule has 250 valence electrons. The molecule has 0 unspecified atom stereocenters. The van der Waals surface area contributed by atoms with Crippen LogP contribution in [0.3, 0.4) is 0 Å². The number of nitrogens with zero attached hydrogens (tertiary/aromatic N) is 1. The van der Waals surface area contributed by atoms with Crippen LogP contribution in [-0.4, -0.2) is 0 Å². The van der Waals surface area contributed by atoms with Crippen LogP contribution in [0.1, 0.15) is 0 Å². The smallest absolute Gasteiger partial charge is 0.0462 e. The lowest BCUT2D eigenvalue weighted by molar-refractivity contribution is 1.28. The molecular weight excluding hydrogens is 639 g/mol. The number of fused-ring (bicyclic) bond motifs is 1. The minimum Gasteiger partial charge on any atom is -0.311 e. The quantitative estimate of drug-likeness (QED) is 0.155. The highest BCUT2D eigenvalue weighted by molar-refractivity contribution is 5.88. The summed E-state index contributed by atoms with van der Waals surface area (Å²) in [5, 5.41) is 2.52. The summed E-state index contributed by atoms with van der Waals surface area (Å²) in [5.74, 6) is 0. The standard InChI is InChI=1S/C52H37N/c1-3-9-38(10-4-1)41-15-17-42(18-16-41)45-27-33-51(34-28-45)53(50-31-25-44(26-32-50)39-11-5-2-6-12-39)52-35-29-46(30-36-52)43-19-21-47(22-20-43)49-24-23-40-13-7-8-14-48(40)37-49/h1-37H. The Hall–Kier alpha value is -6.96. The molecule has 1 nitrogen and oxygen atoms in total. The third kappa shape index (κ3) is 6.77. The van der Waals surface area contributed by atoms with Gasteiger partial charge in [-0.15, -0.1) is 0 Å². The van der Waals surface area contributed by atoms with Gasteiger partial charge in [0.1, 0.15) is 0 Å². The van der Waals surface area contributed by atoms with Crippen molar-refractivity contribution in [2.45, 2.75) is 0 Å². The molecule has 0 aliphatic carbocycles. The summed E-state index contributed by atoms with van der Waals surface area (Å²) in [6, 6.07) is 80.7. The Morgan fingerprint density at radius 2 is 0.453 bits per heavy atom. The lowest BCUT2D eigenvalue weighted by Gasteiger charge is -2.26. The van der Waals surface area contributed by atoms with Crippen LogP contribution in [-0.2, 0) is 0 Å².